The molecule has 126 valence electrons. The lowest BCUT2D eigenvalue weighted by molar-refractivity contribution is 0.0914. The topological polar surface area (TPSA) is 94.3 Å². The zero-order valence-corrected chi connectivity index (χ0v) is 13.7. The van der Waals surface area contributed by atoms with Gasteiger partial charge in [0.2, 0.25) is 0 Å². The molecule has 3 heterocycles. The maximum atomic E-state index is 12.1. The van der Waals surface area contributed by atoms with Crippen LogP contribution in [0.15, 0.2) is 49.8 Å². The Morgan fingerprint density at radius 2 is 2.04 bits per heavy atom. The minimum absolute atomic E-state index is 0.127. The molecule has 1 aromatic carbocycles. The molecule has 0 saturated carbocycles. The highest BCUT2D eigenvalue weighted by atomic mass is 16.4. The highest BCUT2D eigenvalue weighted by molar-refractivity contribution is 5.90. The molecule has 4 rings (SSSR count). The molecule has 0 spiro atoms. The molecule has 25 heavy (non-hydrogen) atoms. The number of carbonyl (C=O) groups is 1. The van der Waals surface area contributed by atoms with E-state index >= 15 is 0 Å². The summed E-state index contributed by atoms with van der Waals surface area (Å²) in [5, 5.41) is 11.4. The van der Waals surface area contributed by atoms with Gasteiger partial charge in [0.25, 0.3) is 5.89 Å². The maximum Gasteiger partial charge on any atom is 0.309 e. The second-order valence-electron chi connectivity index (χ2n) is 5.73. The summed E-state index contributed by atoms with van der Waals surface area (Å²) >= 11 is 0. The van der Waals surface area contributed by atoms with Crippen LogP contribution in [0.5, 0.6) is 0 Å². The van der Waals surface area contributed by atoms with Gasteiger partial charge in [-0.3, -0.25) is 4.79 Å². The molecule has 0 atom stereocenters. The number of hydrogen-bond donors (Lipinski definition) is 1. The monoisotopic (exact) mass is 337 g/mol. The molecule has 0 aliphatic rings. The van der Waals surface area contributed by atoms with Crippen molar-refractivity contribution in [2.24, 2.45) is 0 Å². The quantitative estimate of drug-likeness (QED) is 0.611. The summed E-state index contributed by atoms with van der Waals surface area (Å²) in [6.45, 7) is 4.17. The second kappa shape index (κ2) is 5.94. The number of aryl methyl sites for hydroxylation is 2. The van der Waals surface area contributed by atoms with Crippen LogP contribution in [0.1, 0.15) is 27.6 Å². The van der Waals surface area contributed by atoms with E-state index in [2.05, 4.69) is 15.5 Å². The Hall–Kier alpha value is -3.35. The lowest BCUT2D eigenvalue weighted by Gasteiger charge is -1.98. The Balaban J connectivity index is 1.58. The number of carbonyl (C=O) groups excluding carboxylic acids is 1. The molecule has 0 bridgehead atoms. The van der Waals surface area contributed by atoms with Crippen LogP contribution in [0, 0.1) is 13.8 Å². The number of nitrogens with one attached hydrogen (secondary N) is 1. The van der Waals surface area contributed by atoms with Crippen molar-refractivity contribution in [1.29, 1.82) is 0 Å². The van der Waals surface area contributed by atoms with Crippen LogP contribution in [0.4, 0.5) is 0 Å². The first kappa shape index (κ1) is 15.2. The molecular weight excluding hydrogens is 322 g/mol. The summed E-state index contributed by atoms with van der Waals surface area (Å²) < 4.78 is 16.4. The number of furan rings is 2. The van der Waals surface area contributed by atoms with E-state index in [9.17, 15) is 4.79 Å². The van der Waals surface area contributed by atoms with E-state index in [0.29, 0.717) is 11.5 Å². The fourth-order valence-corrected chi connectivity index (χ4v) is 2.60. The van der Waals surface area contributed by atoms with Crippen LogP contribution in [0.25, 0.3) is 22.6 Å². The average molecular weight is 337 g/mol. The Morgan fingerprint density at radius 3 is 2.84 bits per heavy atom. The van der Waals surface area contributed by atoms with Gasteiger partial charge in [0, 0.05) is 10.9 Å². The minimum Gasteiger partial charge on any atom is -0.467 e. The number of aromatic nitrogens is 2. The Morgan fingerprint density at radius 1 is 1.16 bits per heavy atom. The summed E-state index contributed by atoms with van der Waals surface area (Å²) in [5.74, 6) is 0.682. The number of fused-ring (bicyclic) bond motifs is 1. The molecule has 3 aromatic heterocycles. The number of rotatable bonds is 4. The Labute approximate surface area is 142 Å². The molecule has 1 amide bonds. The predicted molar refractivity (Wildman–Crippen MR) is 88.9 cm³/mol. The molecule has 0 fully saturated rings. The summed E-state index contributed by atoms with van der Waals surface area (Å²) in [6.07, 6.45) is 1.54. The molecule has 0 unspecified atom stereocenters. The fraction of sp³-hybridized carbons (Fsp3) is 0.167. The van der Waals surface area contributed by atoms with E-state index in [1.807, 2.05) is 32.0 Å². The van der Waals surface area contributed by atoms with Gasteiger partial charge in [0.15, 0.2) is 5.76 Å². The van der Waals surface area contributed by atoms with Crippen molar-refractivity contribution >= 4 is 16.9 Å². The summed E-state index contributed by atoms with van der Waals surface area (Å²) in [5.41, 5.74) is 2.76. The molecular formula is C18H15N3O4. The van der Waals surface area contributed by atoms with Crippen LogP contribution in [-0.2, 0) is 6.54 Å². The first-order chi connectivity index (χ1) is 12.1. The lowest BCUT2D eigenvalue weighted by Crippen LogP contribution is -2.22. The van der Waals surface area contributed by atoms with Gasteiger partial charge in [-0.2, -0.15) is 0 Å². The van der Waals surface area contributed by atoms with E-state index in [1.165, 1.54) is 0 Å². The fourth-order valence-electron chi connectivity index (χ4n) is 2.60. The van der Waals surface area contributed by atoms with E-state index in [0.717, 1.165) is 22.1 Å². The smallest absolute Gasteiger partial charge is 0.309 e. The molecule has 7 heteroatoms. The van der Waals surface area contributed by atoms with Gasteiger partial charge in [-0.1, -0.05) is 11.6 Å². The van der Waals surface area contributed by atoms with Crippen molar-refractivity contribution in [3.8, 4) is 11.7 Å². The summed E-state index contributed by atoms with van der Waals surface area (Å²) in [7, 11) is 0. The zero-order chi connectivity index (χ0) is 17.4. The van der Waals surface area contributed by atoms with Crippen LogP contribution >= 0.6 is 0 Å². The molecule has 7 nitrogen and oxygen atoms in total. The van der Waals surface area contributed by atoms with Gasteiger partial charge >= 0.3 is 11.8 Å². The van der Waals surface area contributed by atoms with Crippen LogP contribution in [0.2, 0.25) is 0 Å². The zero-order valence-electron chi connectivity index (χ0n) is 13.7. The highest BCUT2D eigenvalue weighted by Gasteiger charge is 2.21. The molecule has 1 N–H and O–H groups in total. The van der Waals surface area contributed by atoms with Gasteiger partial charge in [-0.05, 0) is 38.1 Å². The summed E-state index contributed by atoms with van der Waals surface area (Å²) in [4.78, 5) is 12.1. The normalized spacial score (nSPS) is 11.1. The van der Waals surface area contributed by atoms with Gasteiger partial charge < -0.3 is 18.6 Å². The molecule has 0 saturated heterocycles. The third kappa shape index (κ3) is 2.80. The van der Waals surface area contributed by atoms with E-state index in [4.69, 9.17) is 13.3 Å². The molecule has 4 aromatic rings. The summed E-state index contributed by atoms with van der Waals surface area (Å²) in [6, 6.07) is 9.41. The molecule has 0 aliphatic carbocycles. The van der Waals surface area contributed by atoms with Crippen molar-refractivity contribution in [3.05, 3.63) is 59.4 Å². The van der Waals surface area contributed by atoms with Crippen molar-refractivity contribution in [2.45, 2.75) is 20.4 Å². The van der Waals surface area contributed by atoms with E-state index in [1.54, 1.807) is 18.4 Å². The number of hydrogen-bond acceptors (Lipinski definition) is 6. The second-order valence-corrected chi connectivity index (χ2v) is 5.73. The lowest BCUT2D eigenvalue weighted by atomic mass is 10.1. The highest BCUT2D eigenvalue weighted by Crippen LogP contribution is 2.32. The first-order valence-corrected chi connectivity index (χ1v) is 7.76. The Bertz CT molecular complexity index is 1040. The van der Waals surface area contributed by atoms with Gasteiger partial charge in [-0.25, -0.2) is 0 Å². The first-order valence-electron chi connectivity index (χ1n) is 7.76. The third-order valence-corrected chi connectivity index (χ3v) is 3.91. The van der Waals surface area contributed by atoms with E-state index in [-0.39, 0.29) is 18.3 Å². The van der Waals surface area contributed by atoms with Gasteiger partial charge in [0.05, 0.1) is 12.8 Å². The maximum absolute atomic E-state index is 12.1. The van der Waals surface area contributed by atoms with Crippen molar-refractivity contribution in [2.75, 3.05) is 0 Å². The van der Waals surface area contributed by atoms with Gasteiger partial charge in [-0.15, -0.1) is 10.2 Å². The molecule has 0 aliphatic heterocycles. The van der Waals surface area contributed by atoms with Crippen LogP contribution in [-0.4, -0.2) is 16.1 Å². The van der Waals surface area contributed by atoms with Gasteiger partial charge in [0.1, 0.15) is 11.3 Å². The Kier molecular flexibility index (Phi) is 3.61. The van der Waals surface area contributed by atoms with Crippen molar-refractivity contribution < 1.29 is 18.0 Å². The minimum atomic E-state index is -0.472. The largest absolute Gasteiger partial charge is 0.467 e. The number of benzene rings is 1. The molecule has 0 radical (unpaired) electrons. The number of amides is 1. The van der Waals surface area contributed by atoms with E-state index < -0.39 is 5.91 Å². The predicted octanol–water partition coefficient (Wildman–Crippen LogP) is 3.62. The number of nitrogens with zero attached hydrogens (tertiary/aromatic N) is 2. The SMILES string of the molecule is Cc1ccc2oc(-c3nnc(C(=O)NCc4ccco4)o3)c(C)c2c1. The van der Waals surface area contributed by atoms with Crippen LogP contribution in [0.3, 0.4) is 0 Å². The standard InChI is InChI=1S/C18H15N3O4/c1-10-5-6-14-13(8-10)11(2)15(24-14)17-20-21-18(25-17)16(22)19-9-12-4-3-7-23-12/h3-8H,9H2,1-2H3,(H,19,22). The van der Waals surface area contributed by atoms with Crippen molar-refractivity contribution in [1.82, 2.24) is 15.5 Å². The van der Waals surface area contributed by atoms with Crippen LogP contribution < -0.4 is 5.32 Å². The third-order valence-electron chi connectivity index (χ3n) is 3.91. The van der Waals surface area contributed by atoms with Crippen molar-refractivity contribution in [3.63, 3.8) is 0 Å². The average Bonchev–Trinajstić information content (AvgIpc) is 3.33.